The van der Waals surface area contributed by atoms with Crippen LogP contribution in [-0.4, -0.2) is 6.54 Å². The van der Waals surface area contributed by atoms with Crippen LogP contribution >= 0.6 is 0 Å². The number of rotatable bonds is 8. The van der Waals surface area contributed by atoms with Crippen LogP contribution in [-0.2, 0) is 0 Å². The Morgan fingerprint density at radius 3 is 2.25 bits per heavy atom. The van der Waals surface area contributed by atoms with Crippen molar-refractivity contribution < 1.29 is 0 Å². The fourth-order valence-electron chi connectivity index (χ4n) is 2.45. The molecule has 0 saturated heterocycles. The lowest BCUT2D eigenvalue weighted by Crippen LogP contribution is -2.13. The molecule has 0 aliphatic heterocycles. The molecular weight excluding hydrogens is 292 g/mol. The van der Waals surface area contributed by atoms with Crippen molar-refractivity contribution in [2.75, 3.05) is 11.9 Å². The van der Waals surface area contributed by atoms with Crippen molar-refractivity contribution in [1.29, 1.82) is 0 Å². The molecule has 2 heteroatoms. The monoisotopic (exact) mass is 320 g/mol. The van der Waals surface area contributed by atoms with Gasteiger partial charge in [-0.3, -0.25) is 0 Å². The second-order valence-electron chi connectivity index (χ2n) is 6.26. The molecule has 0 amide bonds. The maximum atomic E-state index is 4.18. The number of hydrogen-bond donors (Lipinski definition) is 2. The molecule has 0 atom stereocenters. The highest BCUT2D eigenvalue weighted by atomic mass is 14.9. The topological polar surface area (TPSA) is 24.1 Å². The third-order valence-electron chi connectivity index (χ3n) is 4.14. The molecule has 0 heterocycles. The molecule has 0 spiro atoms. The Balaban J connectivity index is 2.12. The maximum absolute atomic E-state index is 4.18. The minimum atomic E-state index is 0.903. The van der Waals surface area contributed by atoms with Crippen LogP contribution in [0.15, 0.2) is 55.6 Å². The minimum absolute atomic E-state index is 0.903. The molecule has 2 N–H and O–H groups in total. The molecule has 0 saturated carbocycles. The Kier molecular flexibility index (Phi) is 6.25. The van der Waals surface area contributed by atoms with E-state index in [1.54, 1.807) is 0 Å². The summed E-state index contributed by atoms with van der Waals surface area (Å²) in [6.07, 6.45) is 2.33. The quantitative estimate of drug-likeness (QED) is 0.605. The summed E-state index contributed by atoms with van der Waals surface area (Å²) in [6.45, 7) is 15.7. The minimum Gasteiger partial charge on any atom is -0.385 e. The van der Waals surface area contributed by atoms with Gasteiger partial charge in [0.15, 0.2) is 0 Å². The van der Waals surface area contributed by atoms with E-state index in [0.717, 1.165) is 41.2 Å². The van der Waals surface area contributed by atoms with Gasteiger partial charge in [0, 0.05) is 23.6 Å². The summed E-state index contributed by atoms with van der Waals surface area (Å²) >= 11 is 0. The van der Waals surface area contributed by atoms with Gasteiger partial charge in [0.1, 0.15) is 0 Å². The number of benzene rings is 2. The first-order valence-corrected chi connectivity index (χ1v) is 8.58. The summed E-state index contributed by atoms with van der Waals surface area (Å²) in [7, 11) is 0. The standard InChI is InChI=1S/C22H28N2/c1-6-7-14-23-18(4)21-13-10-17(3)22(15-21)24-19(5)20-11-8-16(2)9-12-20/h8-13,15,23-24H,4-7,14H2,1-3H3. The molecule has 0 aliphatic carbocycles. The molecule has 2 nitrogen and oxygen atoms in total. The number of aryl methyl sites for hydroxylation is 2. The van der Waals surface area contributed by atoms with Crippen molar-refractivity contribution in [2.24, 2.45) is 0 Å². The Morgan fingerprint density at radius 1 is 0.917 bits per heavy atom. The van der Waals surface area contributed by atoms with Crippen LogP contribution in [0.2, 0.25) is 0 Å². The summed E-state index contributed by atoms with van der Waals surface area (Å²) in [6, 6.07) is 14.7. The van der Waals surface area contributed by atoms with Crippen molar-refractivity contribution in [3.05, 3.63) is 77.9 Å². The highest BCUT2D eigenvalue weighted by Crippen LogP contribution is 2.24. The fraction of sp³-hybridized carbons (Fsp3) is 0.273. The van der Waals surface area contributed by atoms with E-state index in [-0.39, 0.29) is 0 Å². The van der Waals surface area contributed by atoms with Crippen molar-refractivity contribution in [3.8, 4) is 0 Å². The van der Waals surface area contributed by atoms with Crippen LogP contribution in [0.25, 0.3) is 11.4 Å². The second kappa shape index (κ2) is 8.39. The maximum Gasteiger partial charge on any atom is 0.0420 e. The zero-order valence-electron chi connectivity index (χ0n) is 15.1. The SMILES string of the molecule is C=C(NCCCC)c1ccc(C)c(NC(=C)c2ccc(C)cc2)c1. The molecule has 126 valence electrons. The van der Waals surface area contributed by atoms with Gasteiger partial charge < -0.3 is 10.6 Å². The third kappa shape index (κ3) is 4.76. The average molecular weight is 320 g/mol. The largest absolute Gasteiger partial charge is 0.385 e. The van der Waals surface area contributed by atoms with E-state index >= 15 is 0 Å². The molecule has 2 aromatic carbocycles. The molecule has 24 heavy (non-hydrogen) atoms. The van der Waals surface area contributed by atoms with Crippen molar-refractivity contribution in [1.82, 2.24) is 5.32 Å². The molecule has 2 rings (SSSR count). The van der Waals surface area contributed by atoms with Gasteiger partial charge in [-0.25, -0.2) is 0 Å². The smallest absolute Gasteiger partial charge is 0.0420 e. The summed E-state index contributed by atoms with van der Waals surface area (Å²) < 4.78 is 0. The lowest BCUT2D eigenvalue weighted by atomic mass is 10.1. The zero-order chi connectivity index (χ0) is 17.5. The van der Waals surface area contributed by atoms with Gasteiger partial charge >= 0.3 is 0 Å². The normalized spacial score (nSPS) is 10.3. The lowest BCUT2D eigenvalue weighted by molar-refractivity contribution is 0.745. The van der Waals surface area contributed by atoms with E-state index in [2.05, 4.69) is 87.0 Å². The van der Waals surface area contributed by atoms with Gasteiger partial charge in [0.25, 0.3) is 0 Å². The van der Waals surface area contributed by atoms with E-state index in [4.69, 9.17) is 0 Å². The molecule has 0 aromatic heterocycles. The van der Waals surface area contributed by atoms with Gasteiger partial charge in [-0.05, 0) is 43.0 Å². The van der Waals surface area contributed by atoms with E-state index in [9.17, 15) is 0 Å². The van der Waals surface area contributed by atoms with Crippen molar-refractivity contribution in [2.45, 2.75) is 33.6 Å². The predicted molar refractivity (Wildman–Crippen MR) is 107 cm³/mol. The first-order chi connectivity index (χ1) is 11.5. The van der Waals surface area contributed by atoms with E-state index in [1.165, 1.54) is 17.5 Å². The molecule has 0 unspecified atom stereocenters. The van der Waals surface area contributed by atoms with E-state index < -0.39 is 0 Å². The lowest BCUT2D eigenvalue weighted by Gasteiger charge is -2.16. The van der Waals surface area contributed by atoms with Crippen LogP contribution in [0.3, 0.4) is 0 Å². The number of hydrogen-bond acceptors (Lipinski definition) is 2. The fourth-order valence-corrected chi connectivity index (χ4v) is 2.45. The molecule has 2 aromatic rings. The Morgan fingerprint density at radius 2 is 1.58 bits per heavy atom. The van der Waals surface area contributed by atoms with Gasteiger partial charge in [-0.2, -0.15) is 0 Å². The highest BCUT2D eigenvalue weighted by Gasteiger charge is 2.06. The average Bonchev–Trinajstić information content (AvgIpc) is 2.57. The summed E-state index contributed by atoms with van der Waals surface area (Å²) in [5, 5.41) is 6.84. The highest BCUT2D eigenvalue weighted by molar-refractivity contribution is 5.78. The van der Waals surface area contributed by atoms with Crippen LogP contribution in [0.1, 0.15) is 42.0 Å². The Hall–Kier alpha value is -2.48. The summed E-state index contributed by atoms with van der Waals surface area (Å²) in [5.74, 6) is 0. The van der Waals surface area contributed by atoms with Gasteiger partial charge in [-0.15, -0.1) is 0 Å². The van der Waals surface area contributed by atoms with Gasteiger partial charge in [0.2, 0.25) is 0 Å². The summed E-state index contributed by atoms with van der Waals surface area (Å²) in [4.78, 5) is 0. The van der Waals surface area contributed by atoms with Gasteiger partial charge in [-0.1, -0.05) is 68.5 Å². The van der Waals surface area contributed by atoms with Gasteiger partial charge in [0.05, 0.1) is 0 Å². The number of anilines is 1. The molecule has 0 bridgehead atoms. The van der Waals surface area contributed by atoms with E-state index in [1.807, 2.05) is 0 Å². The first kappa shape index (κ1) is 17.9. The van der Waals surface area contributed by atoms with E-state index in [0.29, 0.717) is 0 Å². The van der Waals surface area contributed by atoms with Crippen LogP contribution < -0.4 is 10.6 Å². The molecule has 0 aliphatic rings. The predicted octanol–water partition coefficient (Wildman–Crippen LogP) is 5.75. The van der Waals surface area contributed by atoms with Crippen molar-refractivity contribution in [3.63, 3.8) is 0 Å². The summed E-state index contributed by atoms with van der Waals surface area (Å²) in [5.41, 5.74) is 7.58. The van der Waals surface area contributed by atoms with Crippen molar-refractivity contribution >= 4 is 17.1 Å². The third-order valence-corrected chi connectivity index (χ3v) is 4.14. The van der Waals surface area contributed by atoms with Crippen LogP contribution in [0.4, 0.5) is 5.69 Å². The first-order valence-electron chi connectivity index (χ1n) is 8.58. The Labute approximate surface area is 146 Å². The number of nitrogens with one attached hydrogen (secondary N) is 2. The molecular formula is C22H28N2. The number of unbranched alkanes of at least 4 members (excludes halogenated alkanes) is 1. The van der Waals surface area contributed by atoms with Crippen LogP contribution in [0.5, 0.6) is 0 Å². The molecule has 0 radical (unpaired) electrons. The Bertz CT molecular complexity index is 711. The molecule has 0 fully saturated rings. The second-order valence-corrected chi connectivity index (χ2v) is 6.26. The zero-order valence-corrected chi connectivity index (χ0v) is 15.1. The van der Waals surface area contributed by atoms with Crippen LogP contribution in [0, 0.1) is 13.8 Å².